The lowest BCUT2D eigenvalue weighted by atomic mass is 9.92. The summed E-state index contributed by atoms with van der Waals surface area (Å²) in [6.07, 6.45) is 0.835. The maximum absolute atomic E-state index is 13.5. The number of ether oxygens (including phenoxy) is 3. The third kappa shape index (κ3) is 7.04. The van der Waals surface area contributed by atoms with Gasteiger partial charge in [-0.1, -0.05) is 39.0 Å². The second-order valence-electron chi connectivity index (χ2n) is 11.0. The molecule has 0 aromatic heterocycles. The fourth-order valence-corrected chi connectivity index (χ4v) is 4.95. The molecule has 0 heterocycles. The number of likely N-dealkylation sites (N-methyl/N-ethyl adjacent to an activating group) is 1. The summed E-state index contributed by atoms with van der Waals surface area (Å²) in [5.41, 5.74) is 4.23. The highest BCUT2D eigenvalue weighted by molar-refractivity contribution is 6.74. The summed E-state index contributed by atoms with van der Waals surface area (Å²) in [4.78, 5) is 15.3. The van der Waals surface area contributed by atoms with E-state index in [9.17, 15) is 4.79 Å². The van der Waals surface area contributed by atoms with Crippen molar-refractivity contribution < 1.29 is 23.4 Å². The summed E-state index contributed by atoms with van der Waals surface area (Å²) in [6.45, 7) is 16.8. The lowest BCUT2D eigenvalue weighted by molar-refractivity contribution is 0.0780. The Morgan fingerprint density at radius 1 is 0.944 bits per heavy atom. The molecule has 0 saturated carbocycles. The monoisotopic (exact) mass is 515 g/mol. The lowest BCUT2D eigenvalue weighted by Gasteiger charge is -2.36. The van der Waals surface area contributed by atoms with Crippen LogP contribution in [0.25, 0.3) is 0 Å². The molecular weight excluding hydrogens is 470 g/mol. The van der Waals surface area contributed by atoms with Crippen LogP contribution in [0.3, 0.4) is 0 Å². The van der Waals surface area contributed by atoms with Gasteiger partial charge in [0.1, 0.15) is 0 Å². The second kappa shape index (κ2) is 12.1. The van der Waals surface area contributed by atoms with E-state index in [1.165, 1.54) is 16.7 Å². The highest BCUT2D eigenvalue weighted by Crippen LogP contribution is 2.39. The Bertz CT molecular complexity index is 1020. The summed E-state index contributed by atoms with van der Waals surface area (Å²) in [7, 11) is 4.63. The number of aryl methyl sites for hydroxylation is 2. The third-order valence-corrected chi connectivity index (χ3v) is 12.0. The molecule has 36 heavy (non-hydrogen) atoms. The van der Waals surface area contributed by atoms with E-state index in [1.54, 1.807) is 38.4 Å². The molecule has 2 rings (SSSR count). The number of benzene rings is 2. The average Bonchev–Trinajstić information content (AvgIpc) is 2.82. The van der Waals surface area contributed by atoms with Crippen LogP contribution < -0.4 is 14.2 Å². The van der Waals surface area contributed by atoms with Gasteiger partial charge in [-0.05, 0) is 67.2 Å². The molecule has 0 aliphatic heterocycles. The largest absolute Gasteiger partial charge is 0.493 e. The molecule has 0 fully saturated rings. The van der Waals surface area contributed by atoms with Crippen LogP contribution in [0.2, 0.25) is 18.1 Å². The zero-order valence-electron chi connectivity index (χ0n) is 24.1. The van der Waals surface area contributed by atoms with Crippen LogP contribution in [-0.4, -0.2) is 60.7 Å². The van der Waals surface area contributed by atoms with Crippen molar-refractivity contribution in [1.82, 2.24) is 4.90 Å². The van der Waals surface area contributed by atoms with Gasteiger partial charge >= 0.3 is 0 Å². The summed E-state index contributed by atoms with van der Waals surface area (Å²) in [5, 5.41) is 0.155. The van der Waals surface area contributed by atoms with Crippen molar-refractivity contribution in [2.75, 3.05) is 41.5 Å². The van der Waals surface area contributed by atoms with Crippen LogP contribution in [0.5, 0.6) is 17.2 Å². The minimum absolute atomic E-state index is 0.103. The van der Waals surface area contributed by atoms with Crippen molar-refractivity contribution in [2.45, 2.75) is 65.1 Å². The summed E-state index contributed by atoms with van der Waals surface area (Å²) >= 11 is 0. The Morgan fingerprint density at radius 2 is 1.53 bits per heavy atom. The molecule has 1 amide bonds. The summed E-state index contributed by atoms with van der Waals surface area (Å²) < 4.78 is 22.8. The van der Waals surface area contributed by atoms with E-state index in [-0.39, 0.29) is 16.9 Å². The molecule has 0 saturated heterocycles. The van der Waals surface area contributed by atoms with Gasteiger partial charge in [0.05, 0.1) is 21.3 Å². The molecule has 0 N–H and O–H groups in total. The molecule has 6 nitrogen and oxygen atoms in total. The van der Waals surface area contributed by atoms with Crippen molar-refractivity contribution in [2.24, 2.45) is 0 Å². The van der Waals surface area contributed by atoms with E-state index >= 15 is 0 Å². The van der Waals surface area contributed by atoms with E-state index in [4.69, 9.17) is 18.6 Å². The molecule has 1 unspecified atom stereocenters. The van der Waals surface area contributed by atoms with E-state index in [1.807, 2.05) is 7.05 Å². The highest BCUT2D eigenvalue weighted by atomic mass is 28.4. The molecule has 7 heteroatoms. The van der Waals surface area contributed by atoms with Crippen LogP contribution in [0.4, 0.5) is 0 Å². The van der Waals surface area contributed by atoms with E-state index in [0.717, 1.165) is 6.42 Å². The standard InChI is InChI=1S/C29H45NO5Si/c1-20-12-13-22(16-21(20)2)23(14-15-35-36(10,11)29(3,4)5)19-30(6)28(31)24-17-25(32-7)27(34-9)26(18-24)33-8/h12-13,16-18,23H,14-15,19H2,1-11H3. The normalized spacial score (nSPS) is 12.8. The Balaban J connectivity index is 2.30. The van der Waals surface area contributed by atoms with Crippen LogP contribution in [0.1, 0.15) is 60.2 Å². The topological polar surface area (TPSA) is 57.2 Å². The number of hydrogen-bond acceptors (Lipinski definition) is 5. The molecular formula is C29H45NO5Si. The zero-order chi connectivity index (χ0) is 27.3. The minimum Gasteiger partial charge on any atom is -0.493 e. The van der Waals surface area contributed by atoms with E-state index < -0.39 is 8.32 Å². The highest BCUT2D eigenvalue weighted by Gasteiger charge is 2.37. The van der Waals surface area contributed by atoms with Gasteiger partial charge in [0.2, 0.25) is 5.75 Å². The molecule has 0 spiro atoms. The molecule has 2 aromatic rings. The minimum atomic E-state index is -1.86. The van der Waals surface area contributed by atoms with Gasteiger partial charge in [0, 0.05) is 31.7 Å². The molecule has 1 atom stereocenters. The van der Waals surface area contributed by atoms with Crippen molar-refractivity contribution in [1.29, 1.82) is 0 Å². The van der Waals surface area contributed by atoms with Crippen molar-refractivity contribution in [3.63, 3.8) is 0 Å². The molecule has 0 aliphatic rings. The number of carbonyl (C=O) groups excluding carboxylic acids is 1. The Morgan fingerprint density at radius 3 is 2.00 bits per heavy atom. The predicted molar refractivity (Wildman–Crippen MR) is 149 cm³/mol. The van der Waals surface area contributed by atoms with Crippen molar-refractivity contribution in [3.05, 3.63) is 52.6 Å². The van der Waals surface area contributed by atoms with Crippen molar-refractivity contribution in [3.8, 4) is 17.2 Å². The number of amides is 1. The van der Waals surface area contributed by atoms with Gasteiger partial charge in [-0.2, -0.15) is 0 Å². The number of carbonyl (C=O) groups is 1. The van der Waals surface area contributed by atoms with Gasteiger partial charge in [0.15, 0.2) is 19.8 Å². The Hall–Kier alpha value is -2.51. The number of methoxy groups -OCH3 is 3. The van der Waals surface area contributed by atoms with Gasteiger partial charge < -0.3 is 23.5 Å². The van der Waals surface area contributed by atoms with Crippen LogP contribution in [0.15, 0.2) is 30.3 Å². The predicted octanol–water partition coefficient (Wildman–Crippen LogP) is 6.60. The molecule has 0 bridgehead atoms. The molecule has 0 radical (unpaired) electrons. The zero-order valence-corrected chi connectivity index (χ0v) is 25.1. The van der Waals surface area contributed by atoms with Gasteiger partial charge in [-0.15, -0.1) is 0 Å². The first-order chi connectivity index (χ1) is 16.7. The average molecular weight is 516 g/mol. The van der Waals surface area contributed by atoms with Gasteiger partial charge in [-0.25, -0.2) is 0 Å². The molecule has 200 valence electrons. The second-order valence-corrected chi connectivity index (χ2v) is 15.8. The van der Waals surface area contributed by atoms with Crippen LogP contribution in [-0.2, 0) is 4.43 Å². The van der Waals surface area contributed by atoms with Gasteiger partial charge in [0.25, 0.3) is 5.91 Å². The first-order valence-electron chi connectivity index (χ1n) is 12.5. The van der Waals surface area contributed by atoms with E-state index in [2.05, 4.69) is 65.9 Å². The number of nitrogens with zero attached hydrogens (tertiary/aromatic N) is 1. The quantitative estimate of drug-likeness (QED) is 0.316. The van der Waals surface area contributed by atoms with Crippen LogP contribution >= 0.6 is 0 Å². The first-order valence-corrected chi connectivity index (χ1v) is 15.4. The summed E-state index contributed by atoms with van der Waals surface area (Å²) in [5.74, 6) is 1.43. The molecule has 0 aliphatic carbocycles. The lowest BCUT2D eigenvalue weighted by Crippen LogP contribution is -2.41. The number of hydrogen-bond donors (Lipinski definition) is 0. The Kier molecular flexibility index (Phi) is 10.0. The van der Waals surface area contributed by atoms with Gasteiger partial charge in [-0.3, -0.25) is 4.79 Å². The van der Waals surface area contributed by atoms with Crippen LogP contribution in [0, 0.1) is 13.8 Å². The fourth-order valence-electron chi connectivity index (χ4n) is 3.89. The Labute approximate surface area is 219 Å². The molecule has 2 aromatic carbocycles. The summed E-state index contributed by atoms with van der Waals surface area (Å²) in [6, 6.07) is 9.98. The first kappa shape index (κ1) is 29.7. The fraction of sp³-hybridized carbons (Fsp3) is 0.552. The maximum Gasteiger partial charge on any atom is 0.253 e. The SMILES string of the molecule is COc1cc(C(=O)N(C)CC(CCO[Si](C)(C)C(C)(C)C)c2ccc(C)c(C)c2)cc(OC)c1OC. The van der Waals surface area contributed by atoms with Crippen molar-refractivity contribution >= 4 is 14.2 Å². The number of rotatable bonds is 11. The van der Waals surface area contributed by atoms with E-state index in [0.29, 0.717) is 36.0 Å². The maximum atomic E-state index is 13.5. The third-order valence-electron chi connectivity index (χ3n) is 7.49. The smallest absolute Gasteiger partial charge is 0.253 e.